The van der Waals surface area contributed by atoms with E-state index in [1.807, 2.05) is 0 Å². The summed E-state index contributed by atoms with van der Waals surface area (Å²) in [5.74, 6) is 2.24. The second-order valence-corrected chi connectivity index (χ2v) is 7.57. The van der Waals surface area contributed by atoms with Crippen LogP contribution < -0.4 is 15.4 Å². The maximum atomic E-state index is 6.14. The third kappa shape index (κ3) is 9.02. The number of nitrogens with one attached hydrogen (secondary N) is 2. The molecule has 1 aliphatic rings. The molecule has 7 heteroatoms. The molecule has 1 aliphatic heterocycles. The number of hydrogen-bond acceptors (Lipinski definition) is 5. The number of hydrogen-bond donors (Lipinski definition) is 2. The fourth-order valence-electron chi connectivity index (χ4n) is 3.08. The summed E-state index contributed by atoms with van der Waals surface area (Å²) >= 11 is 0. The Morgan fingerprint density at radius 3 is 2.90 bits per heavy atom. The number of benzene rings is 1. The van der Waals surface area contributed by atoms with Crippen LogP contribution in [0.2, 0.25) is 0 Å². The fourth-order valence-corrected chi connectivity index (χ4v) is 3.08. The summed E-state index contributed by atoms with van der Waals surface area (Å²) in [7, 11) is 3.82. The van der Waals surface area contributed by atoms with Crippen molar-refractivity contribution in [2.24, 2.45) is 10.9 Å². The number of guanidine groups is 1. The van der Waals surface area contributed by atoms with E-state index < -0.39 is 0 Å². The van der Waals surface area contributed by atoms with Crippen LogP contribution in [0.1, 0.15) is 24.5 Å². The highest BCUT2D eigenvalue weighted by molar-refractivity contribution is 5.79. The summed E-state index contributed by atoms with van der Waals surface area (Å²) in [5.41, 5.74) is 2.29. The smallest absolute Gasteiger partial charge is 0.191 e. The molecule has 1 aromatic rings. The lowest BCUT2D eigenvalue weighted by atomic mass is 10.1. The van der Waals surface area contributed by atoms with E-state index in [-0.39, 0.29) is 0 Å². The number of aliphatic imine (C=N–C) groups is 1. The molecule has 1 atom stereocenters. The van der Waals surface area contributed by atoms with Crippen molar-refractivity contribution in [3.05, 3.63) is 29.3 Å². The largest absolute Gasteiger partial charge is 0.493 e. The lowest BCUT2D eigenvalue weighted by Gasteiger charge is -2.18. The van der Waals surface area contributed by atoms with Crippen LogP contribution in [-0.4, -0.2) is 77.6 Å². The van der Waals surface area contributed by atoms with Crippen molar-refractivity contribution in [3.8, 4) is 5.75 Å². The standard InChI is InChI=1S/C22H38N4O3/c1-5-23-22(24-9-10-26(3)11-13-27-4)25-15-20-7-6-18(2)14-21(20)29-17-19-8-12-28-16-19/h6-7,14,19H,5,8-13,15-17H2,1-4H3,(H2,23,24,25). The van der Waals surface area contributed by atoms with Gasteiger partial charge in [0, 0.05) is 51.4 Å². The van der Waals surface area contributed by atoms with E-state index in [1.165, 1.54) is 5.56 Å². The number of likely N-dealkylation sites (N-methyl/N-ethyl adjacent to an activating group) is 1. The molecule has 0 saturated carbocycles. The van der Waals surface area contributed by atoms with Crippen LogP contribution in [0.25, 0.3) is 0 Å². The van der Waals surface area contributed by atoms with Gasteiger partial charge in [0.05, 0.1) is 26.4 Å². The number of aryl methyl sites for hydroxylation is 1. The third-order valence-electron chi connectivity index (χ3n) is 4.94. The molecular weight excluding hydrogens is 368 g/mol. The predicted octanol–water partition coefficient (Wildman–Crippen LogP) is 2.04. The summed E-state index contributed by atoms with van der Waals surface area (Å²) in [4.78, 5) is 6.99. The van der Waals surface area contributed by atoms with E-state index in [0.29, 0.717) is 19.1 Å². The average Bonchev–Trinajstić information content (AvgIpc) is 3.23. The van der Waals surface area contributed by atoms with Gasteiger partial charge in [-0.15, -0.1) is 0 Å². The highest BCUT2D eigenvalue weighted by Gasteiger charge is 2.17. The highest BCUT2D eigenvalue weighted by atomic mass is 16.5. The Morgan fingerprint density at radius 1 is 1.31 bits per heavy atom. The van der Waals surface area contributed by atoms with E-state index in [9.17, 15) is 0 Å². The SMILES string of the molecule is CCNC(=NCc1ccc(C)cc1OCC1CCOC1)NCCN(C)CCOC. The average molecular weight is 407 g/mol. The zero-order valence-electron chi connectivity index (χ0n) is 18.5. The van der Waals surface area contributed by atoms with Crippen molar-refractivity contribution >= 4 is 5.96 Å². The Kier molecular flexibility index (Phi) is 10.8. The second-order valence-electron chi connectivity index (χ2n) is 7.57. The monoisotopic (exact) mass is 406 g/mol. The summed E-state index contributed by atoms with van der Waals surface area (Å²) < 4.78 is 16.7. The first-order valence-electron chi connectivity index (χ1n) is 10.6. The zero-order valence-corrected chi connectivity index (χ0v) is 18.5. The quantitative estimate of drug-likeness (QED) is 0.409. The molecule has 0 bridgehead atoms. The molecule has 29 heavy (non-hydrogen) atoms. The van der Waals surface area contributed by atoms with Crippen LogP contribution >= 0.6 is 0 Å². The van der Waals surface area contributed by atoms with Crippen LogP contribution in [0.5, 0.6) is 5.75 Å². The van der Waals surface area contributed by atoms with Crippen molar-refractivity contribution in [2.45, 2.75) is 26.8 Å². The zero-order chi connectivity index (χ0) is 20.9. The van der Waals surface area contributed by atoms with Gasteiger partial charge in [0.2, 0.25) is 0 Å². The van der Waals surface area contributed by atoms with Crippen LogP contribution in [0.15, 0.2) is 23.2 Å². The van der Waals surface area contributed by atoms with E-state index >= 15 is 0 Å². The van der Waals surface area contributed by atoms with E-state index in [0.717, 1.165) is 69.7 Å². The first-order chi connectivity index (χ1) is 14.1. The number of rotatable bonds is 12. The van der Waals surface area contributed by atoms with Crippen molar-refractivity contribution in [3.63, 3.8) is 0 Å². The molecule has 0 amide bonds. The first-order valence-corrected chi connectivity index (χ1v) is 10.6. The van der Waals surface area contributed by atoms with Gasteiger partial charge < -0.3 is 29.7 Å². The van der Waals surface area contributed by atoms with Crippen LogP contribution in [0.3, 0.4) is 0 Å². The van der Waals surface area contributed by atoms with Gasteiger partial charge in [0.15, 0.2) is 5.96 Å². The first kappa shape index (κ1) is 23.4. The van der Waals surface area contributed by atoms with E-state index in [4.69, 9.17) is 19.2 Å². The summed E-state index contributed by atoms with van der Waals surface area (Å²) in [6.07, 6.45) is 1.08. The number of nitrogens with zero attached hydrogens (tertiary/aromatic N) is 2. The van der Waals surface area contributed by atoms with Gasteiger partial charge in [-0.1, -0.05) is 12.1 Å². The molecule has 1 heterocycles. The Hall–Kier alpha value is -1.83. The molecular formula is C22H38N4O3. The van der Waals surface area contributed by atoms with Gasteiger partial charge in [-0.2, -0.15) is 0 Å². The van der Waals surface area contributed by atoms with Gasteiger partial charge in [-0.25, -0.2) is 4.99 Å². The lowest BCUT2D eigenvalue weighted by Crippen LogP contribution is -2.41. The number of methoxy groups -OCH3 is 1. The molecule has 1 aromatic carbocycles. The van der Waals surface area contributed by atoms with Crippen molar-refractivity contribution in [1.82, 2.24) is 15.5 Å². The van der Waals surface area contributed by atoms with Crippen molar-refractivity contribution < 1.29 is 14.2 Å². The normalized spacial score (nSPS) is 17.0. The molecule has 0 aliphatic carbocycles. The molecule has 1 saturated heterocycles. The summed E-state index contributed by atoms with van der Waals surface area (Å²) in [6, 6.07) is 6.33. The number of ether oxygens (including phenoxy) is 3. The minimum Gasteiger partial charge on any atom is -0.493 e. The molecule has 1 unspecified atom stereocenters. The molecule has 0 radical (unpaired) electrons. The predicted molar refractivity (Wildman–Crippen MR) is 118 cm³/mol. The second kappa shape index (κ2) is 13.4. The lowest BCUT2D eigenvalue weighted by molar-refractivity contribution is 0.162. The summed E-state index contributed by atoms with van der Waals surface area (Å²) in [5, 5.41) is 6.72. The molecule has 2 rings (SSSR count). The topological polar surface area (TPSA) is 67.4 Å². The summed E-state index contributed by atoms with van der Waals surface area (Å²) in [6.45, 7) is 11.3. The Bertz CT molecular complexity index is 618. The van der Waals surface area contributed by atoms with Gasteiger partial charge in [0.1, 0.15) is 5.75 Å². The third-order valence-corrected chi connectivity index (χ3v) is 4.94. The van der Waals surface area contributed by atoms with Gasteiger partial charge in [-0.05, 0) is 38.9 Å². The van der Waals surface area contributed by atoms with Gasteiger partial charge >= 0.3 is 0 Å². The van der Waals surface area contributed by atoms with E-state index in [2.05, 4.69) is 54.6 Å². The van der Waals surface area contributed by atoms with Crippen LogP contribution in [0.4, 0.5) is 0 Å². The molecule has 164 valence electrons. The Labute approximate surface area is 175 Å². The molecule has 7 nitrogen and oxygen atoms in total. The van der Waals surface area contributed by atoms with E-state index in [1.54, 1.807) is 7.11 Å². The minimum absolute atomic E-state index is 0.487. The molecule has 1 fully saturated rings. The molecule has 0 spiro atoms. The van der Waals surface area contributed by atoms with Crippen molar-refractivity contribution in [2.75, 3.05) is 66.8 Å². The Balaban J connectivity index is 1.91. The maximum absolute atomic E-state index is 6.14. The van der Waals surface area contributed by atoms with Gasteiger partial charge in [-0.3, -0.25) is 0 Å². The minimum atomic E-state index is 0.487. The highest BCUT2D eigenvalue weighted by Crippen LogP contribution is 2.23. The van der Waals surface area contributed by atoms with Crippen LogP contribution in [-0.2, 0) is 16.0 Å². The fraction of sp³-hybridized carbons (Fsp3) is 0.682. The van der Waals surface area contributed by atoms with Crippen molar-refractivity contribution in [1.29, 1.82) is 0 Å². The van der Waals surface area contributed by atoms with Crippen LogP contribution in [0, 0.1) is 12.8 Å². The maximum Gasteiger partial charge on any atom is 0.191 e. The Morgan fingerprint density at radius 2 is 2.17 bits per heavy atom. The molecule has 2 N–H and O–H groups in total. The van der Waals surface area contributed by atoms with Gasteiger partial charge in [0.25, 0.3) is 0 Å². The molecule has 0 aromatic heterocycles.